The normalized spacial score (nSPS) is 14.0. The van der Waals surface area contributed by atoms with Gasteiger partial charge in [0.2, 0.25) is 0 Å². The molecule has 0 radical (unpaired) electrons. The first-order valence-corrected chi connectivity index (χ1v) is 22.3. The number of aromatic nitrogens is 1. The number of hydrogen-bond acceptors (Lipinski definition) is 1. The van der Waals surface area contributed by atoms with Crippen LogP contribution < -0.4 is 0 Å². The smallest absolute Gasteiger partial charge is 0.0303 e. The molecule has 0 spiro atoms. The Bertz CT molecular complexity index is 2450. The molecule has 1 aromatic heterocycles. The van der Waals surface area contributed by atoms with Gasteiger partial charge in [-0.1, -0.05) is 198 Å². The van der Waals surface area contributed by atoms with Crippen molar-refractivity contribution >= 4 is 5.57 Å². The number of hydrogen-bond donors (Lipinski definition) is 0. The van der Waals surface area contributed by atoms with Crippen LogP contribution in [0.15, 0.2) is 175 Å². The zero-order valence-electron chi connectivity index (χ0n) is 38.1. The zero-order chi connectivity index (χ0) is 43.1. The molecule has 0 amide bonds. The summed E-state index contributed by atoms with van der Waals surface area (Å²) in [7, 11) is 0. The Morgan fingerprint density at radius 3 is 1.83 bits per heavy atom. The average molecular weight is 790 g/mol. The summed E-state index contributed by atoms with van der Waals surface area (Å²) in [5, 5.41) is 0. The summed E-state index contributed by atoms with van der Waals surface area (Å²) in [6, 6.07) is 44.3. The third-order valence-corrected chi connectivity index (χ3v) is 11.5. The van der Waals surface area contributed by atoms with Gasteiger partial charge in [0, 0.05) is 17.8 Å². The number of pyridine rings is 1. The Hall–Kier alpha value is -5.79. The van der Waals surface area contributed by atoms with E-state index in [1.807, 2.05) is 46.2 Å². The molecule has 308 valence electrons. The molecule has 0 aliphatic heterocycles. The van der Waals surface area contributed by atoms with Crippen LogP contribution in [-0.2, 0) is 11.8 Å². The summed E-state index contributed by atoms with van der Waals surface area (Å²) in [5.74, 6) is 0. The highest BCUT2D eigenvalue weighted by Crippen LogP contribution is 2.48. The third kappa shape index (κ3) is 11.3. The molecular weight excluding hydrogens is 723 g/mol. The van der Waals surface area contributed by atoms with Gasteiger partial charge >= 0.3 is 0 Å². The van der Waals surface area contributed by atoms with Crippen LogP contribution in [0.25, 0.3) is 39.0 Å². The summed E-state index contributed by atoms with van der Waals surface area (Å²) in [6.07, 6.45) is 20.7. The topological polar surface area (TPSA) is 12.9 Å². The van der Waals surface area contributed by atoms with Crippen molar-refractivity contribution in [1.29, 1.82) is 0 Å². The molecule has 1 heterocycles. The van der Waals surface area contributed by atoms with Gasteiger partial charge in [-0.15, -0.1) is 0 Å². The van der Waals surface area contributed by atoms with Crippen molar-refractivity contribution in [3.8, 4) is 33.4 Å². The quantitative estimate of drug-likeness (QED) is 0.170. The second kappa shape index (κ2) is 22.0. The SMILES string of the molecule is CC.CC.CC1=C(c2ccc(-c3cccc(-c4cccc(Cc5cccnc5)c4)c3)cc2C)C=CCC1.CC1=CCCC=C1.Cc1ccc2c(c1)C(C)(C)c1ccccc1-2. The van der Waals surface area contributed by atoms with Crippen molar-refractivity contribution in [2.75, 3.05) is 0 Å². The Morgan fingerprint density at radius 1 is 0.533 bits per heavy atom. The monoisotopic (exact) mass is 790 g/mol. The number of allylic oxidation sites excluding steroid dienone is 8. The van der Waals surface area contributed by atoms with Gasteiger partial charge in [0.05, 0.1) is 0 Å². The summed E-state index contributed by atoms with van der Waals surface area (Å²) in [6.45, 7) is 21.4. The van der Waals surface area contributed by atoms with E-state index in [-0.39, 0.29) is 5.41 Å². The molecule has 60 heavy (non-hydrogen) atoms. The molecule has 0 atom stereocenters. The average Bonchev–Trinajstić information content (AvgIpc) is 3.51. The van der Waals surface area contributed by atoms with Crippen molar-refractivity contribution in [3.63, 3.8) is 0 Å². The standard InChI is InChI=1S/C32H29N.C16H16.C7H10.2C2H6/c1-23-8-3-4-14-31(23)32-16-15-30(18-24(32)2)29-13-6-12-28(21-29)27-11-5-9-25(20-27)19-26-10-7-17-33-22-26;1-11-8-9-13-12-6-4-5-7-14(12)16(2,3)15(13)10-11;1-7-5-3-2-4-6-7;2*1-2/h4-7,9-18,20-22H,3,8,19H2,1-2H3;4-10H,1-3H3;3,5-6H,2,4H2,1H3;2*1-2H3. The minimum absolute atomic E-state index is 0.151. The molecule has 0 unspecified atom stereocenters. The first-order chi connectivity index (χ1) is 29.2. The van der Waals surface area contributed by atoms with Crippen LogP contribution in [0.5, 0.6) is 0 Å². The highest BCUT2D eigenvalue weighted by Gasteiger charge is 2.34. The first-order valence-electron chi connectivity index (χ1n) is 22.3. The van der Waals surface area contributed by atoms with Gasteiger partial charge < -0.3 is 0 Å². The Balaban J connectivity index is 0.000000208. The number of aryl methyl sites for hydroxylation is 2. The van der Waals surface area contributed by atoms with Crippen LogP contribution in [0.2, 0.25) is 0 Å². The van der Waals surface area contributed by atoms with Crippen LogP contribution in [0.3, 0.4) is 0 Å². The van der Waals surface area contributed by atoms with Gasteiger partial charge in [-0.2, -0.15) is 0 Å². The fraction of sp³-hybridized carbons (Fsp3) is 0.271. The third-order valence-electron chi connectivity index (χ3n) is 11.5. The first kappa shape index (κ1) is 45.3. The van der Waals surface area contributed by atoms with Gasteiger partial charge in [-0.3, -0.25) is 4.98 Å². The fourth-order valence-corrected chi connectivity index (χ4v) is 8.28. The lowest BCUT2D eigenvalue weighted by Crippen LogP contribution is -2.14. The van der Waals surface area contributed by atoms with Crippen LogP contribution in [0, 0.1) is 13.8 Å². The van der Waals surface area contributed by atoms with E-state index >= 15 is 0 Å². The van der Waals surface area contributed by atoms with Crippen molar-refractivity contribution in [3.05, 3.63) is 214 Å². The van der Waals surface area contributed by atoms with Crippen molar-refractivity contribution in [2.45, 2.75) is 107 Å². The maximum absolute atomic E-state index is 4.25. The van der Waals surface area contributed by atoms with Gasteiger partial charge in [0.1, 0.15) is 0 Å². The van der Waals surface area contributed by atoms with E-state index in [1.165, 1.54) is 102 Å². The molecule has 3 aliphatic rings. The molecule has 5 aromatic carbocycles. The second-order valence-corrected chi connectivity index (χ2v) is 16.1. The van der Waals surface area contributed by atoms with Crippen LogP contribution in [0.4, 0.5) is 0 Å². The molecule has 0 fully saturated rings. The maximum atomic E-state index is 4.25. The molecule has 1 heteroatoms. The van der Waals surface area contributed by atoms with E-state index < -0.39 is 0 Å². The van der Waals surface area contributed by atoms with E-state index in [4.69, 9.17) is 0 Å². The second-order valence-electron chi connectivity index (χ2n) is 16.1. The highest BCUT2D eigenvalue weighted by atomic mass is 14.6. The largest absolute Gasteiger partial charge is 0.264 e. The molecular formula is C59H67N. The summed E-state index contributed by atoms with van der Waals surface area (Å²) in [5.41, 5.74) is 21.8. The minimum atomic E-state index is 0.151. The van der Waals surface area contributed by atoms with Crippen molar-refractivity contribution in [1.82, 2.24) is 4.98 Å². The van der Waals surface area contributed by atoms with E-state index in [0.29, 0.717) is 0 Å². The zero-order valence-corrected chi connectivity index (χ0v) is 38.1. The van der Waals surface area contributed by atoms with Crippen LogP contribution >= 0.6 is 0 Å². The predicted octanol–water partition coefficient (Wildman–Crippen LogP) is 17.1. The predicted molar refractivity (Wildman–Crippen MR) is 264 cm³/mol. The fourth-order valence-electron chi connectivity index (χ4n) is 8.28. The highest BCUT2D eigenvalue weighted by molar-refractivity contribution is 5.82. The van der Waals surface area contributed by atoms with Crippen molar-refractivity contribution in [2.24, 2.45) is 0 Å². The van der Waals surface area contributed by atoms with Gasteiger partial charge in [-0.05, 0) is 144 Å². The van der Waals surface area contributed by atoms with E-state index in [9.17, 15) is 0 Å². The van der Waals surface area contributed by atoms with Crippen molar-refractivity contribution < 1.29 is 0 Å². The van der Waals surface area contributed by atoms with Gasteiger partial charge in [-0.25, -0.2) is 0 Å². The Labute approximate surface area is 363 Å². The molecule has 1 nitrogen and oxygen atoms in total. The van der Waals surface area contributed by atoms with Gasteiger partial charge in [0.15, 0.2) is 0 Å². The molecule has 0 bridgehead atoms. The number of nitrogens with zero attached hydrogens (tertiary/aromatic N) is 1. The van der Waals surface area contributed by atoms with Crippen LogP contribution in [0.1, 0.15) is 120 Å². The lowest BCUT2D eigenvalue weighted by atomic mass is 9.82. The molecule has 0 N–H and O–H groups in total. The summed E-state index contributed by atoms with van der Waals surface area (Å²) >= 11 is 0. The Kier molecular flexibility index (Phi) is 16.6. The molecule has 3 aliphatic carbocycles. The summed E-state index contributed by atoms with van der Waals surface area (Å²) < 4.78 is 0. The molecule has 0 saturated carbocycles. The molecule has 0 saturated heterocycles. The van der Waals surface area contributed by atoms with Crippen LogP contribution in [-0.4, -0.2) is 4.98 Å². The lowest BCUT2D eigenvalue weighted by molar-refractivity contribution is 0.660. The lowest BCUT2D eigenvalue weighted by Gasteiger charge is -2.21. The number of fused-ring (bicyclic) bond motifs is 3. The number of rotatable bonds is 5. The van der Waals surface area contributed by atoms with E-state index in [0.717, 1.165) is 19.3 Å². The van der Waals surface area contributed by atoms with E-state index in [2.05, 4.69) is 192 Å². The molecule has 9 rings (SSSR count). The van der Waals surface area contributed by atoms with E-state index in [1.54, 1.807) is 0 Å². The number of benzene rings is 5. The maximum Gasteiger partial charge on any atom is 0.0303 e. The summed E-state index contributed by atoms with van der Waals surface area (Å²) in [4.78, 5) is 4.25. The molecule has 6 aromatic rings. The Morgan fingerprint density at radius 2 is 1.18 bits per heavy atom. The van der Waals surface area contributed by atoms with Gasteiger partial charge in [0.25, 0.3) is 0 Å². The minimum Gasteiger partial charge on any atom is -0.264 e.